The van der Waals surface area contributed by atoms with Crippen molar-refractivity contribution in [2.45, 2.75) is 0 Å². The Hall–Kier alpha value is -2.47. The van der Waals surface area contributed by atoms with E-state index in [2.05, 4.69) is 15.3 Å². The summed E-state index contributed by atoms with van der Waals surface area (Å²) in [6, 6.07) is 7.16. The van der Waals surface area contributed by atoms with Gasteiger partial charge in [0.2, 0.25) is 0 Å². The highest BCUT2D eigenvalue weighted by Crippen LogP contribution is 2.30. The number of rotatable bonds is 3. The van der Waals surface area contributed by atoms with Crippen molar-refractivity contribution in [1.29, 1.82) is 0 Å². The number of thiophene rings is 1. The number of nitrogens with one attached hydrogen (secondary N) is 1. The van der Waals surface area contributed by atoms with Gasteiger partial charge < -0.3 is 11.1 Å². The van der Waals surface area contributed by atoms with E-state index in [9.17, 15) is 4.79 Å². The van der Waals surface area contributed by atoms with Gasteiger partial charge in [0.1, 0.15) is 10.6 Å². The number of fused-ring (bicyclic) bond motifs is 1. The quantitative estimate of drug-likeness (QED) is 0.766. The highest BCUT2D eigenvalue weighted by molar-refractivity contribution is 7.17. The first-order valence-corrected chi connectivity index (χ1v) is 6.48. The van der Waals surface area contributed by atoms with Gasteiger partial charge in [0.05, 0.1) is 11.3 Å². The second-order valence-electron chi connectivity index (χ2n) is 3.89. The Kier molecular flexibility index (Phi) is 2.85. The molecule has 0 atom stereocenters. The molecule has 19 heavy (non-hydrogen) atoms. The number of carbonyl (C=O) groups excluding carboxylic acids is 1. The molecule has 0 aliphatic rings. The van der Waals surface area contributed by atoms with Gasteiger partial charge in [0.15, 0.2) is 0 Å². The third-order valence-electron chi connectivity index (χ3n) is 2.68. The molecule has 3 aromatic rings. The lowest BCUT2D eigenvalue weighted by Crippen LogP contribution is -2.13. The second-order valence-corrected chi connectivity index (χ2v) is 4.75. The van der Waals surface area contributed by atoms with Crippen molar-refractivity contribution < 1.29 is 4.79 Å². The van der Waals surface area contributed by atoms with E-state index < -0.39 is 5.91 Å². The number of hydrogen-bond donors (Lipinski definition) is 2. The fourth-order valence-corrected chi connectivity index (χ4v) is 2.64. The molecule has 0 saturated carbocycles. The Morgan fingerprint density at radius 1 is 1.21 bits per heavy atom. The van der Waals surface area contributed by atoms with Gasteiger partial charge in [-0.15, -0.1) is 11.3 Å². The van der Waals surface area contributed by atoms with Crippen LogP contribution in [-0.4, -0.2) is 15.9 Å². The summed E-state index contributed by atoms with van der Waals surface area (Å²) in [5, 5.41) is 6.07. The summed E-state index contributed by atoms with van der Waals surface area (Å²) < 4.78 is 0. The van der Waals surface area contributed by atoms with E-state index in [4.69, 9.17) is 5.73 Å². The van der Waals surface area contributed by atoms with Crippen molar-refractivity contribution in [3.05, 3.63) is 47.6 Å². The van der Waals surface area contributed by atoms with Crippen molar-refractivity contribution in [2.75, 3.05) is 5.32 Å². The topological polar surface area (TPSA) is 80.9 Å². The molecule has 0 radical (unpaired) electrons. The number of carbonyl (C=O) groups is 1. The van der Waals surface area contributed by atoms with Crippen LogP contribution < -0.4 is 11.1 Å². The summed E-state index contributed by atoms with van der Waals surface area (Å²) in [6.07, 6.45) is 3.36. The van der Waals surface area contributed by atoms with Gasteiger partial charge in [-0.25, -0.2) is 9.97 Å². The molecule has 0 fully saturated rings. The minimum absolute atomic E-state index is 0.366. The van der Waals surface area contributed by atoms with E-state index in [1.807, 2.05) is 17.5 Å². The predicted octanol–water partition coefficient (Wildman–Crippen LogP) is 2.53. The molecule has 1 amide bonds. The molecule has 3 N–H and O–H groups in total. The summed E-state index contributed by atoms with van der Waals surface area (Å²) in [7, 11) is 0. The molecular weight excluding hydrogens is 260 g/mol. The third-order valence-corrected chi connectivity index (χ3v) is 3.58. The predicted molar refractivity (Wildman–Crippen MR) is 75.7 cm³/mol. The van der Waals surface area contributed by atoms with Crippen LogP contribution >= 0.6 is 11.3 Å². The van der Waals surface area contributed by atoms with Crippen molar-refractivity contribution in [1.82, 2.24) is 9.97 Å². The van der Waals surface area contributed by atoms with Crippen LogP contribution in [0.25, 0.3) is 10.2 Å². The fraction of sp³-hybridized carbons (Fsp3) is 0. The Morgan fingerprint density at radius 2 is 2.00 bits per heavy atom. The maximum atomic E-state index is 11.3. The molecule has 3 heterocycles. The van der Waals surface area contributed by atoms with E-state index in [1.165, 1.54) is 11.3 Å². The Bertz CT molecular complexity index is 753. The number of amides is 1. The van der Waals surface area contributed by atoms with Gasteiger partial charge in [0, 0.05) is 23.2 Å². The zero-order chi connectivity index (χ0) is 13.2. The molecule has 0 aliphatic carbocycles. The molecule has 3 aromatic heterocycles. The molecule has 94 valence electrons. The molecule has 0 saturated heterocycles. The van der Waals surface area contributed by atoms with Crippen LogP contribution in [-0.2, 0) is 0 Å². The van der Waals surface area contributed by atoms with Crippen LogP contribution in [0.4, 0.5) is 11.5 Å². The van der Waals surface area contributed by atoms with Crippen molar-refractivity contribution in [2.24, 2.45) is 5.73 Å². The minimum atomic E-state index is -0.506. The monoisotopic (exact) mass is 270 g/mol. The van der Waals surface area contributed by atoms with Crippen LogP contribution in [0.5, 0.6) is 0 Å². The minimum Gasteiger partial charge on any atom is -0.365 e. The number of primary amides is 1. The first-order chi connectivity index (χ1) is 9.25. The van der Waals surface area contributed by atoms with E-state index >= 15 is 0 Å². The summed E-state index contributed by atoms with van der Waals surface area (Å²) in [5.74, 6) is -0.0492. The molecule has 6 heteroatoms. The number of anilines is 2. The van der Waals surface area contributed by atoms with E-state index in [0.29, 0.717) is 11.4 Å². The average Bonchev–Trinajstić information content (AvgIpc) is 2.83. The summed E-state index contributed by atoms with van der Waals surface area (Å²) >= 11 is 1.53. The van der Waals surface area contributed by atoms with E-state index in [1.54, 1.807) is 24.5 Å². The molecular formula is C13H10N4OS. The first kappa shape index (κ1) is 11.6. The van der Waals surface area contributed by atoms with E-state index in [-0.39, 0.29) is 0 Å². The lowest BCUT2D eigenvalue weighted by Gasteiger charge is -2.07. The Balaban J connectivity index is 2.04. The fourth-order valence-electron chi connectivity index (χ4n) is 1.80. The summed E-state index contributed by atoms with van der Waals surface area (Å²) in [4.78, 5) is 20.7. The highest BCUT2D eigenvalue weighted by atomic mass is 32.1. The molecule has 0 unspecified atom stereocenters. The number of nitrogens with zero attached hydrogens (tertiary/aromatic N) is 2. The zero-order valence-electron chi connectivity index (χ0n) is 9.83. The molecule has 5 nitrogen and oxygen atoms in total. The van der Waals surface area contributed by atoms with Gasteiger partial charge in [0.25, 0.3) is 5.91 Å². The maximum Gasteiger partial charge on any atom is 0.252 e. The largest absolute Gasteiger partial charge is 0.365 e. The van der Waals surface area contributed by atoms with Crippen LogP contribution in [0.2, 0.25) is 0 Å². The lowest BCUT2D eigenvalue weighted by molar-refractivity contribution is 0.100. The Labute approximate surface area is 113 Å². The summed E-state index contributed by atoms with van der Waals surface area (Å²) in [6.45, 7) is 0. The van der Waals surface area contributed by atoms with E-state index in [0.717, 1.165) is 15.9 Å². The van der Waals surface area contributed by atoms with Gasteiger partial charge in [-0.05, 0) is 24.3 Å². The van der Waals surface area contributed by atoms with Crippen LogP contribution in [0, 0.1) is 0 Å². The normalized spacial score (nSPS) is 10.5. The number of hydrogen-bond acceptors (Lipinski definition) is 5. The molecule has 3 rings (SSSR count). The van der Waals surface area contributed by atoms with Gasteiger partial charge >= 0.3 is 0 Å². The maximum absolute atomic E-state index is 11.3. The zero-order valence-corrected chi connectivity index (χ0v) is 10.6. The average molecular weight is 270 g/mol. The molecule has 0 bridgehead atoms. The molecule has 0 spiro atoms. The van der Waals surface area contributed by atoms with Crippen LogP contribution in [0.1, 0.15) is 10.4 Å². The van der Waals surface area contributed by atoms with Gasteiger partial charge in [-0.2, -0.15) is 0 Å². The van der Waals surface area contributed by atoms with Crippen molar-refractivity contribution in [3.63, 3.8) is 0 Å². The third kappa shape index (κ3) is 2.13. The molecule has 0 aromatic carbocycles. The lowest BCUT2D eigenvalue weighted by atomic mass is 10.2. The summed E-state index contributed by atoms with van der Waals surface area (Å²) in [5.41, 5.74) is 6.56. The Morgan fingerprint density at radius 3 is 2.84 bits per heavy atom. The SMILES string of the molecule is NC(=O)c1cccnc1Nc1csc2ncccc12. The standard InChI is InChI=1S/C13H10N4OS/c14-11(18)9-4-2-5-15-12(9)17-10-7-19-13-8(10)3-1-6-16-13/h1-7H,(H2,14,18)(H,15,17). The van der Waals surface area contributed by atoms with Crippen LogP contribution in [0.15, 0.2) is 42.0 Å². The molecule has 0 aliphatic heterocycles. The second kappa shape index (κ2) is 4.66. The highest BCUT2D eigenvalue weighted by Gasteiger charge is 2.11. The number of aromatic nitrogens is 2. The van der Waals surface area contributed by atoms with Crippen LogP contribution in [0.3, 0.4) is 0 Å². The van der Waals surface area contributed by atoms with Gasteiger partial charge in [-0.3, -0.25) is 4.79 Å². The van der Waals surface area contributed by atoms with Crippen molar-refractivity contribution in [3.8, 4) is 0 Å². The smallest absolute Gasteiger partial charge is 0.252 e. The van der Waals surface area contributed by atoms with Crippen molar-refractivity contribution >= 4 is 39.0 Å². The first-order valence-electron chi connectivity index (χ1n) is 5.60. The number of pyridine rings is 2. The van der Waals surface area contributed by atoms with Gasteiger partial charge in [-0.1, -0.05) is 0 Å². The number of nitrogens with two attached hydrogens (primary N) is 1.